The number of hydrogen-bond donors (Lipinski definition) is 1. The highest BCUT2D eigenvalue weighted by molar-refractivity contribution is 6.30. The summed E-state index contributed by atoms with van der Waals surface area (Å²) < 4.78 is 49.9. The number of halogens is 5. The molecule has 0 aliphatic heterocycles. The van der Waals surface area contributed by atoms with Crippen LogP contribution in [0.15, 0.2) is 18.2 Å². The molecule has 0 fully saturated rings. The molecule has 0 spiro atoms. The van der Waals surface area contributed by atoms with Crippen molar-refractivity contribution in [1.82, 2.24) is 0 Å². The van der Waals surface area contributed by atoms with Crippen LogP contribution < -0.4 is 5.73 Å². The van der Waals surface area contributed by atoms with Crippen molar-refractivity contribution < 1.29 is 17.6 Å². The third-order valence-corrected chi connectivity index (χ3v) is 2.38. The van der Waals surface area contributed by atoms with Crippen LogP contribution in [0.2, 0.25) is 5.02 Å². The molecule has 0 heterocycles. The van der Waals surface area contributed by atoms with E-state index >= 15 is 0 Å². The highest BCUT2D eigenvalue weighted by Crippen LogP contribution is 2.36. The summed E-state index contributed by atoms with van der Waals surface area (Å²) in [6.07, 6.45) is -4.68. The van der Waals surface area contributed by atoms with E-state index in [9.17, 15) is 17.6 Å². The Morgan fingerprint density at radius 1 is 1.31 bits per heavy atom. The molecule has 0 radical (unpaired) electrons. The lowest BCUT2D eigenvalue weighted by atomic mass is 9.98. The Morgan fingerprint density at radius 3 is 2.44 bits per heavy atom. The molecule has 1 nitrogen and oxygen atoms in total. The lowest BCUT2D eigenvalue weighted by molar-refractivity contribution is -0.138. The first-order valence-electron chi connectivity index (χ1n) is 4.54. The van der Waals surface area contributed by atoms with Gasteiger partial charge in [-0.3, -0.25) is 4.39 Å². The van der Waals surface area contributed by atoms with Crippen molar-refractivity contribution in [2.45, 2.75) is 18.6 Å². The number of benzene rings is 1. The molecule has 0 saturated heterocycles. The van der Waals surface area contributed by atoms with Crippen molar-refractivity contribution in [3.63, 3.8) is 0 Å². The van der Waals surface area contributed by atoms with Crippen LogP contribution in [-0.4, -0.2) is 6.67 Å². The molecule has 0 amide bonds. The van der Waals surface area contributed by atoms with Gasteiger partial charge < -0.3 is 5.73 Å². The van der Waals surface area contributed by atoms with Gasteiger partial charge in [0.05, 0.1) is 12.2 Å². The maximum absolute atomic E-state index is 12.6. The van der Waals surface area contributed by atoms with Crippen LogP contribution in [0.1, 0.15) is 23.6 Å². The van der Waals surface area contributed by atoms with Crippen molar-refractivity contribution >= 4 is 11.6 Å². The molecule has 1 aromatic carbocycles. The normalized spacial score (nSPS) is 13.9. The average molecular weight is 256 g/mol. The molecule has 0 aliphatic rings. The van der Waals surface area contributed by atoms with E-state index in [2.05, 4.69) is 0 Å². The van der Waals surface area contributed by atoms with E-state index in [4.69, 9.17) is 17.3 Å². The van der Waals surface area contributed by atoms with Gasteiger partial charge in [0.1, 0.15) is 0 Å². The van der Waals surface area contributed by atoms with Crippen LogP contribution in [0.3, 0.4) is 0 Å². The van der Waals surface area contributed by atoms with Gasteiger partial charge in [0.25, 0.3) is 0 Å². The van der Waals surface area contributed by atoms with Gasteiger partial charge in [-0.2, -0.15) is 13.2 Å². The number of hydrogen-bond acceptors (Lipinski definition) is 1. The first kappa shape index (κ1) is 13.3. The Kier molecular flexibility index (Phi) is 4.15. The van der Waals surface area contributed by atoms with Crippen molar-refractivity contribution in [2.75, 3.05) is 6.67 Å². The predicted octanol–water partition coefficient (Wildman–Crippen LogP) is 3.72. The Morgan fingerprint density at radius 2 is 1.94 bits per heavy atom. The lowest BCUT2D eigenvalue weighted by Gasteiger charge is -2.17. The summed E-state index contributed by atoms with van der Waals surface area (Å²) in [5.41, 5.74) is 4.44. The zero-order valence-corrected chi connectivity index (χ0v) is 8.95. The minimum absolute atomic E-state index is 0.0245. The fourth-order valence-electron chi connectivity index (χ4n) is 1.37. The number of nitrogens with two attached hydrogens (primary N) is 1. The second-order valence-electron chi connectivity index (χ2n) is 3.31. The molecule has 1 atom stereocenters. The number of rotatable bonds is 3. The molecule has 1 aromatic rings. The Labute approximate surface area is 95.2 Å². The maximum atomic E-state index is 12.6. The van der Waals surface area contributed by atoms with Crippen molar-refractivity contribution in [1.29, 1.82) is 0 Å². The molecule has 90 valence electrons. The standard InChI is InChI=1S/C10H10ClF4N/c11-6-1-2-7(9(16)3-4-12)8(5-6)10(13,14)15/h1-2,5,9H,3-4,16H2/t9-/m0/s1. The van der Waals surface area contributed by atoms with Crippen LogP contribution in [0.4, 0.5) is 17.6 Å². The van der Waals surface area contributed by atoms with E-state index in [-0.39, 0.29) is 17.0 Å². The molecule has 0 unspecified atom stereocenters. The summed E-state index contributed by atoms with van der Waals surface area (Å²) in [7, 11) is 0. The molecular formula is C10H10ClF4N. The van der Waals surface area contributed by atoms with Gasteiger partial charge in [0, 0.05) is 11.1 Å². The summed E-state index contributed by atoms with van der Waals surface area (Å²) in [6.45, 7) is -0.763. The first-order chi connectivity index (χ1) is 7.36. The maximum Gasteiger partial charge on any atom is 0.416 e. The minimum atomic E-state index is -4.53. The van der Waals surface area contributed by atoms with Crippen molar-refractivity contribution in [2.24, 2.45) is 5.73 Å². The van der Waals surface area contributed by atoms with Gasteiger partial charge in [-0.1, -0.05) is 17.7 Å². The summed E-state index contributed by atoms with van der Waals surface area (Å²) in [4.78, 5) is 0. The monoisotopic (exact) mass is 255 g/mol. The minimum Gasteiger partial charge on any atom is -0.324 e. The Balaban J connectivity index is 3.18. The highest BCUT2D eigenvalue weighted by atomic mass is 35.5. The average Bonchev–Trinajstić information content (AvgIpc) is 2.16. The van der Waals surface area contributed by atoms with Crippen LogP contribution in [-0.2, 0) is 6.18 Å². The summed E-state index contributed by atoms with van der Waals surface area (Å²) in [5, 5.41) is -0.0245. The summed E-state index contributed by atoms with van der Waals surface area (Å²) in [5.74, 6) is 0. The second kappa shape index (κ2) is 5.01. The second-order valence-corrected chi connectivity index (χ2v) is 3.75. The summed E-state index contributed by atoms with van der Waals surface area (Å²) in [6, 6.07) is 2.32. The van der Waals surface area contributed by atoms with Crippen LogP contribution in [0.25, 0.3) is 0 Å². The van der Waals surface area contributed by atoms with E-state index in [1.54, 1.807) is 0 Å². The van der Waals surface area contributed by atoms with E-state index in [0.717, 1.165) is 6.07 Å². The predicted molar refractivity (Wildman–Crippen MR) is 54.0 cm³/mol. The fraction of sp³-hybridized carbons (Fsp3) is 0.400. The van der Waals surface area contributed by atoms with Crippen molar-refractivity contribution in [3.05, 3.63) is 34.3 Å². The molecule has 2 N–H and O–H groups in total. The van der Waals surface area contributed by atoms with Gasteiger partial charge in [-0.25, -0.2) is 0 Å². The van der Waals surface area contributed by atoms with Crippen LogP contribution >= 0.6 is 11.6 Å². The smallest absolute Gasteiger partial charge is 0.324 e. The molecular weight excluding hydrogens is 246 g/mol. The van der Waals surface area contributed by atoms with E-state index < -0.39 is 24.5 Å². The summed E-state index contributed by atoms with van der Waals surface area (Å²) >= 11 is 5.49. The van der Waals surface area contributed by atoms with Crippen LogP contribution in [0.5, 0.6) is 0 Å². The quantitative estimate of drug-likeness (QED) is 0.819. The van der Waals surface area contributed by atoms with E-state index in [1.165, 1.54) is 12.1 Å². The van der Waals surface area contributed by atoms with Gasteiger partial charge in [-0.15, -0.1) is 0 Å². The van der Waals surface area contributed by atoms with Gasteiger partial charge in [0.2, 0.25) is 0 Å². The van der Waals surface area contributed by atoms with E-state index in [0.29, 0.717) is 0 Å². The topological polar surface area (TPSA) is 26.0 Å². The third-order valence-electron chi connectivity index (χ3n) is 2.14. The Hall–Kier alpha value is -0.810. The molecule has 0 aromatic heterocycles. The van der Waals surface area contributed by atoms with Gasteiger partial charge in [0.15, 0.2) is 0 Å². The SMILES string of the molecule is N[C@@H](CCF)c1ccc(Cl)cc1C(F)(F)F. The highest BCUT2D eigenvalue weighted by Gasteiger charge is 2.34. The fourth-order valence-corrected chi connectivity index (χ4v) is 1.54. The molecule has 0 bridgehead atoms. The number of alkyl halides is 4. The molecule has 0 saturated carbocycles. The van der Waals surface area contributed by atoms with E-state index in [1.807, 2.05) is 0 Å². The third kappa shape index (κ3) is 3.09. The Bertz CT molecular complexity index is 364. The molecule has 0 aliphatic carbocycles. The zero-order valence-electron chi connectivity index (χ0n) is 8.19. The zero-order chi connectivity index (χ0) is 12.3. The molecule has 1 rings (SSSR count). The lowest BCUT2D eigenvalue weighted by Crippen LogP contribution is -2.18. The van der Waals surface area contributed by atoms with Gasteiger partial charge in [-0.05, 0) is 24.1 Å². The molecule has 16 heavy (non-hydrogen) atoms. The van der Waals surface area contributed by atoms with Crippen LogP contribution in [0, 0.1) is 0 Å². The van der Waals surface area contributed by atoms with Gasteiger partial charge >= 0.3 is 6.18 Å². The van der Waals surface area contributed by atoms with Crippen molar-refractivity contribution in [3.8, 4) is 0 Å². The molecule has 6 heteroatoms. The largest absolute Gasteiger partial charge is 0.416 e. The first-order valence-corrected chi connectivity index (χ1v) is 4.92.